The molecule has 10 aromatic rings. The molecule has 1 aliphatic heterocycles. The largest absolute Gasteiger partial charge is 0.485 e. The number of pyridine rings is 3. The van der Waals surface area contributed by atoms with E-state index in [1.54, 1.807) is 0 Å². The summed E-state index contributed by atoms with van der Waals surface area (Å²) in [6.07, 6.45) is 14.0. The topological polar surface area (TPSA) is 57.8 Å². The molecule has 5 aromatic carbocycles. The third-order valence-electron chi connectivity index (χ3n) is 11.7. The van der Waals surface area contributed by atoms with E-state index in [-0.39, 0.29) is 12.0 Å². The summed E-state index contributed by atoms with van der Waals surface area (Å²) in [7, 11) is 0. The molecule has 2 aliphatic rings. The van der Waals surface area contributed by atoms with Gasteiger partial charge in [-0.15, -0.1) is 0 Å². The van der Waals surface area contributed by atoms with Crippen molar-refractivity contribution >= 4 is 49.2 Å². The van der Waals surface area contributed by atoms with Crippen molar-refractivity contribution in [1.29, 1.82) is 0 Å². The Balaban J connectivity index is 0.966. The zero-order chi connectivity index (χ0) is 37.5. The second-order valence-corrected chi connectivity index (χ2v) is 14.8. The zero-order valence-corrected chi connectivity index (χ0v) is 30.7. The minimum atomic E-state index is -0.0677. The second-order valence-electron chi connectivity index (χ2n) is 14.8. The monoisotopic (exact) mass is 731 g/mol. The van der Waals surface area contributed by atoms with Crippen LogP contribution < -0.4 is 4.74 Å². The first-order valence-electron chi connectivity index (χ1n) is 19.3. The highest BCUT2D eigenvalue weighted by atomic mass is 16.5. The fourth-order valence-electron chi connectivity index (χ4n) is 9.03. The van der Waals surface area contributed by atoms with E-state index >= 15 is 0 Å². The molecule has 12 rings (SSSR count). The van der Waals surface area contributed by atoms with E-state index in [4.69, 9.17) is 9.72 Å². The molecule has 268 valence electrons. The Morgan fingerprint density at radius 1 is 0.491 bits per heavy atom. The summed E-state index contributed by atoms with van der Waals surface area (Å²) in [5, 5.41) is 4.84. The maximum atomic E-state index is 6.53. The quantitative estimate of drug-likeness (QED) is 0.177. The zero-order valence-electron chi connectivity index (χ0n) is 30.7. The molecular formula is C51H33N5O. The number of hydrogen-bond acceptors (Lipinski definition) is 4. The number of aromatic nitrogens is 5. The Hall–Kier alpha value is -7.57. The molecule has 0 amide bonds. The number of benzene rings is 5. The molecule has 2 atom stereocenters. The summed E-state index contributed by atoms with van der Waals surface area (Å²) >= 11 is 0. The van der Waals surface area contributed by atoms with Gasteiger partial charge in [-0.3, -0.25) is 14.5 Å². The minimum absolute atomic E-state index is 0.0601. The Labute approximate surface area is 328 Å². The van der Waals surface area contributed by atoms with Gasteiger partial charge in [0.05, 0.1) is 27.8 Å². The first-order valence-corrected chi connectivity index (χ1v) is 19.3. The van der Waals surface area contributed by atoms with Crippen LogP contribution in [0.5, 0.6) is 5.75 Å². The average Bonchev–Trinajstić information content (AvgIpc) is 3.93. The number of para-hydroxylation sites is 2. The van der Waals surface area contributed by atoms with Crippen LogP contribution in [-0.4, -0.2) is 30.2 Å². The fourth-order valence-corrected chi connectivity index (χ4v) is 9.03. The molecule has 2 unspecified atom stereocenters. The van der Waals surface area contributed by atoms with Crippen molar-refractivity contribution < 1.29 is 4.74 Å². The molecule has 6 heteroatoms. The molecular weight excluding hydrogens is 699 g/mol. The number of fused-ring (bicyclic) bond motifs is 9. The molecule has 0 N–H and O–H groups in total. The lowest BCUT2D eigenvalue weighted by Crippen LogP contribution is -2.17. The molecule has 0 spiro atoms. The summed E-state index contributed by atoms with van der Waals surface area (Å²) in [5.41, 5.74) is 13.5. The van der Waals surface area contributed by atoms with Crippen LogP contribution in [0.15, 0.2) is 189 Å². The van der Waals surface area contributed by atoms with Crippen LogP contribution in [0.2, 0.25) is 0 Å². The molecule has 0 radical (unpaired) electrons. The smallest absolute Gasteiger partial charge is 0.138 e. The van der Waals surface area contributed by atoms with Crippen molar-refractivity contribution in [3.05, 3.63) is 200 Å². The highest BCUT2D eigenvalue weighted by molar-refractivity contribution is 6.12. The van der Waals surface area contributed by atoms with Gasteiger partial charge in [-0.25, -0.2) is 4.98 Å². The summed E-state index contributed by atoms with van der Waals surface area (Å²) in [6, 6.07) is 51.9. The van der Waals surface area contributed by atoms with E-state index < -0.39 is 0 Å². The summed E-state index contributed by atoms with van der Waals surface area (Å²) < 4.78 is 11.2. The van der Waals surface area contributed by atoms with Crippen molar-refractivity contribution in [2.24, 2.45) is 0 Å². The van der Waals surface area contributed by atoms with E-state index in [1.807, 2.05) is 24.8 Å². The molecule has 0 saturated carbocycles. The number of nitrogens with zero attached hydrogens (tertiary/aromatic N) is 5. The lowest BCUT2D eigenvalue weighted by atomic mass is 9.88. The molecule has 1 aliphatic carbocycles. The van der Waals surface area contributed by atoms with Crippen LogP contribution in [0, 0.1) is 0 Å². The Morgan fingerprint density at radius 3 is 1.75 bits per heavy atom. The van der Waals surface area contributed by atoms with Crippen molar-refractivity contribution in [2.75, 3.05) is 0 Å². The molecule has 57 heavy (non-hydrogen) atoms. The average molecular weight is 732 g/mol. The van der Waals surface area contributed by atoms with Crippen molar-refractivity contribution in [3.63, 3.8) is 0 Å². The first kappa shape index (κ1) is 31.7. The van der Waals surface area contributed by atoms with Crippen LogP contribution in [0.25, 0.3) is 82.9 Å². The van der Waals surface area contributed by atoms with Crippen molar-refractivity contribution in [1.82, 2.24) is 24.1 Å². The lowest BCUT2D eigenvalue weighted by molar-refractivity contribution is 0.269. The maximum Gasteiger partial charge on any atom is 0.138 e. The van der Waals surface area contributed by atoms with E-state index in [2.05, 4.69) is 183 Å². The van der Waals surface area contributed by atoms with Gasteiger partial charge >= 0.3 is 0 Å². The maximum absolute atomic E-state index is 6.53. The van der Waals surface area contributed by atoms with Gasteiger partial charge in [0, 0.05) is 63.5 Å². The van der Waals surface area contributed by atoms with Gasteiger partial charge in [-0.05, 0) is 125 Å². The van der Waals surface area contributed by atoms with Gasteiger partial charge in [-0.1, -0.05) is 66.7 Å². The molecule has 0 fully saturated rings. The van der Waals surface area contributed by atoms with E-state index in [0.29, 0.717) is 0 Å². The highest BCUT2D eigenvalue weighted by Crippen LogP contribution is 2.45. The fraction of sp³-hybridized carbons (Fsp3) is 0.0392. The normalized spacial score (nSPS) is 15.9. The van der Waals surface area contributed by atoms with E-state index in [1.165, 1.54) is 38.1 Å². The van der Waals surface area contributed by atoms with Gasteiger partial charge in [-0.2, -0.15) is 0 Å². The number of rotatable bonds is 5. The predicted octanol–water partition coefficient (Wildman–Crippen LogP) is 11.9. The minimum Gasteiger partial charge on any atom is -0.485 e. The number of hydrogen-bond donors (Lipinski definition) is 0. The van der Waals surface area contributed by atoms with Crippen molar-refractivity contribution in [2.45, 2.75) is 12.0 Å². The Kier molecular flexibility index (Phi) is 6.95. The molecule has 0 bridgehead atoms. The number of allylic oxidation sites excluding steroid dienone is 2. The summed E-state index contributed by atoms with van der Waals surface area (Å²) in [4.78, 5) is 13.9. The van der Waals surface area contributed by atoms with Crippen LogP contribution in [0.4, 0.5) is 0 Å². The van der Waals surface area contributed by atoms with Gasteiger partial charge < -0.3 is 9.30 Å². The second kappa shape index (κ2) is 12.5. The number of ether oxygens (including phenoxy) is 1. The molecule has 5 aromatic heterocycles. The molecule has 0 saturated heterocycles. The SMILES string of the molecule is C1=CC2Oc3ccc(-n4c5ccccc5c5ccccc54)cc3C2C=C1c1cccc(-n2c3ccc(-c4ccncc4)cc3c3cc(-c4ccncc4)ccc32)n1. The summed E-state index contributed by atoms with van der Waals surface area (Å²) in [6.45, 7) is 0. The first-order chi connectivity index (χ1) is 28.2. The van der Waals surface area contributed by atoms with Gasteiger partial charge in [0.1, 0.15) is 17.7 Å². The van der Waals surface area contributed by atoms with Crippen LogP contribution in [0.1, 0.15) is 17.2 Å². The third-order valence-corrected chi connectivity index (χ3v) is 11.7. The predicted molar refractivity (Wildman–Crippen MR) is 230 cm³/mol. The Morgan fingerprint density at radius 2 is 1.11 bits per heavy atom. The highest BCUT2D eigenvalue weighted by Gasteiger charge is 2.34. The van der Waals surface area contributed by atoms with E-state index in [9.17, 15) is 0 Å². The van der Waals surface area contributed by atoms with Crippen LogP contribution >= 0.6 is 0 Å². The third kappa shape index (κ3) is 5.00. The standard InChI is InChI=1S/C51H33N5O/c1-3-9-45-38(6-1)39-7-2-4-10-46(39)55(45)37-15-19-50-43(31-37)42-30-36(14-18-49(42)57-50)44-8-5-11-51(54-44)56-47-16-12-34(32-20-24-52-25-21-32)28-40(47)41-29-35(13-17-48(41)56)33-22-26-53-27-23-33/h1-31,42,49H. The van der Waals surface area contributed by atoms with E-state index in [0.717, 1.165) is 61.8 Å². The van der Waals surface area contributed by atoms with Crippen LogP contribution in [-0.2, 0) is 0 Å². The van der Waals surface area contributed by atoms with Gasteiger partial charge in [0.25, 0.3) is 0 Å². The van der Waals surface area contributed by atoms with Gasteiger partial charge in [0.2, 0.25) is 0 Å². The van der Waals surface area contributed by atoms with Gasteiger partial charge in [0.15, 0.2) is 0 Å². The summed E-state index contributed by atoms with van der Waals surface area (Å²) in [5.74, 6) is 1.86. The molecule has 6 heterocycles. The van der Waals surface area contributed by atoms with Crippen LogP contribution in [0.3, 0.4) is 0 Å². The van der Waals surface area contributed by atoms with Crippen molar-refractivity contribution in [3.8, 4) is 39.5 Å². The Bertz CT molecular complexity index is 3130. The lowest BCUT2D eigenvalue weighted by Gasteiger charge is -2.19. The molecule has 6 nitrogen and oxygen atoms in total.